The van der Waals surface area contributed by atoms with Crippen molar-refractivity contribution in [3.63, 3.8) is 0 Å². The number of aromatic nitrogens is 4. The predicted octanol–water partition coefficient (Wildman–Crippen LogP) is 3.13. The first kappa shape index (κ1) is 24.1. The molecule has 1 heterocycles. The van der Waals surface area contributed by atoms with Crippen LogP contribution in [0.25, 0.3) is 11.4 Å². The van der Waals surface area contributed by atoms with Crippen LogP contribution in [-0.4, -0.2) is 32.0 Å². The molecule has 0 aliphatic rings. The fraction of sp³-hybridized carbons (Fsp3) is 0.471. The Labute approximate surface area is 172 Å². The molecule has 0 fully saturated rings. The molecule has 1 aromatic carbocycles. The molecule has 2 N–H and O–H groups in total. The molecule has 0 unspecified atom stereocenters. The lowest BCUT2D eigenvalue weighted by molar-refractivity contribution is -0.143. The molecular weight excluding hydrogens is 434 g/mol. The summed E-state index contributed by atoms with van der Waals surface area (Å²) in [6.45, 7) is 6.10. The number of amides is 2. The fourth-order valence-electron chi connectivity index (χ4n) is 2.10. The van der Waals surface area contributed by atoms with Gasteiger partial charge in [-0.1, -0.05) is 20.8 Å². The molecule has 2 rings (SSSR count). The summed E-state index contributed by atoms with van der Waals surface area (Å²) < 4.78 is 78.1. The van der Waals surface area contributed by atoms with Gasteiger partial charge in [-0.2, -0.15) is 31.1 Å². The summed E-state index contributed by atoms with van der Waals surface area (Å²) >= 11 is 0. The van der Waals surface area contributed by atoms with Gasteiger partial charge in [-0.05, 0) is 30.3 Å². The number of nitrogens with one attached hydrogen (secondary N) is 2. The van der Waals surface area contributed by atoms with E-state index in [1.165, 1.54) is 6.92 Å². The molecule has 8 nitrogen and oxygen atoms in total. The van der Waals surface area contributed by atoms with E-state index in [0.717, 1.165) is 0 Å². The van der Waals surface area contributed by atoms with Gasteiger partial charge in [-0.15, -0.1) is 10.2 Å². The van der Waals surface area contributed by atoms with Gasteiger partial charge < -0.3 is 0 Å². The highest BCUT2D eigenvalue weighted by atomic mass is 19.4. The predicted molar refractivity (Wildman–Crippen MR) is 93.7 cm³/mol. The van der Waals surface area contributed by atoms with Crippen LogP contribution in [0.15, 0.2) is 18.2 Å². The molecule has 1 aromatic heterocycles. The second-order valence-corrected chi connectivity index (χ2v) is 7.60. The molecule has 2 aromatic rings. The summed E-state index contributed by atoms with van der Waals surface area (Å²) in [7, 11) is 0. The number of carbonyl (C=O) groups excluding carboxylic acids is 2. The molecule has 0 aliphatic heterocycles. The van der Waals surface area contributed by atoms with E-state index in [1.807, 2.05) is 0 Å². The van der Waals surface area contributed by atoms with Gasteiger partial charge in [0, 0.05) is 11.0 Å². The Bertz CT molecular complexity index is 944. The number of hydrazine groups is 1. The second-order valence-electron chi connectivity index (χ2n) is 7.60. The molecule has 0 saturated heterocycles. The second kappa shape index (κ2) is 8.15. The number of carbonyl (C=O) groups is 2. The van der Waals surface area contributed by atoms with E-state index in [0.29, 0.717) is 16.9 Å². The summed E-state index contributed by atoms with van der Waals surface area (Å²) in [4.78, 5) is 24.6. The van der Waals surface area contributed by atoms with Crippen molar-refractivity contribution in [2.75, 3.05) is 0 Å². The summed E-state index contributed by atoms with van der Waals surface area (Å²) in [5.41, 5.74) is -0.142. The minimum Gasteiger partial charge on any atom is -0.273 e. The number of benzene rings is 1. The Kier molecular flexibility index (Phi) is 6.33. The largest absolute Gasteiger partial charge is 0.416 e. The fourth-order valence-corrected chi connectivity index (χ4v) is 2.10. The maximum atomic E-state index is 13.0. The van der Waals surface area contributed by atoms with Crippen molar-refractivity contribution in [1.29, 1.82) is 0 Å². The highest BCUT2D eigenvalue weighted by molar-refractivity contribution is 5.86. The number of hydrogen-bond acceptors (Lipinski definition) is 5. The Morgan fingerprint density at radius 2 is 1.45 bits per heavy atom. The maximum absolute atomic E-state index is 13.0. The van der Waals surface area contributed by atoms with E-state index in [4.69, 9.17) is 0 Å². The van der Waals surface area contributed by atoms with Crippen molar-refractivity contribution < 1.29 is 35.9 Å². The van der Waals surface area contributed by atoms with Crippen molar-refractivity contribution >= 4 is 11.8 Å². The zero-order valence-electron chi connectivity index (χ0n) is 16.7. The minimum atomic E-state index is -5.04. The molecule has 31 heavy (non-hydrogen) atoms. The first-order valence-corrected chi connectivity index (χ1v) is 8.70. The molecule has 170 valence electrons. The maximum Gasteiger partial charge on any atom is 0.416 e. The quantitative estimate of drug-likeness (QED) is 0.551. The van der Waals surface area contributed by atoms with Crippen LogP contribution >= 0.6 is 0 Å². The van der Waals surface area contributed by atoms with Crippen LogP contribution in [-0.2, 0) is 21.9 Å². The number of hydrogen-bond donors (Lipinski definition) is 2. The molecule has 2 amide bonds. The molecule has 0 aliphatic carbocycles. The van der Waals surface area contributed by atoms with Gasteiger partial charge >= 0.3 is 12.4 Å². The van der Waals surface area contributed by atoms with Gasteiger partial charge in [0.15, 0.2) is 6.04 Å². The standard InChI is InChI=1S/C17H18F6N6O2/c1-8(13(30)25-26-14(31)15(2,3)4)29-27-12(24-28-29)9-5-10(16(18,19)20)7-11(6-9)17(21,22)23/h5-8H,1-4H3,(H,25,30)(H,26,31)/t8-/m1/s1. The third-order valence-electron chi connectivity index (χ3n) is 3.98. The molecule has 0 spiro atoms. The third kappa shape index (κ3) is 5.92. The number of tetrazole rings is 1. The van der Waals surface area contributed by atoms with Gasteiger partial charge in [0.1, 0.15) is 0 Å². The van der Waals surface area contributed by atoms with Crippen LogP contribution in [0.2, 0.25) is 0 Å². The summed E-state index contributed by atoms with van der Waals surface area (Å²) in [6, 6.07) is -0.313. The zero-order valence-corrected chi connectivity index (χ0v) is 16.7. The number of halogens is 6. The minimum absolute atomic E-state index is 0.0259. The number of nitrogens with zero attached hydrogens (tertiary/aromatic N) is 4. The van der Waals surface area contributed by atoms with Crippen LogP contribution in [0.3, 0.4) is 0 Å². The van der Waals surface area contributed by atoms with Crippen LogP contribution in [0.1, 0.15) is 44.9 Å². The van der Waals surface area contributed by atoms with Crippen molar-refractivity contribution in [2.45, 2.75) is 46.1 Å². The van der Waals surface area contributed by atoms with E-state index in [-0.39, 0.29) is 6.07 Å². The third-order valence-corrected chi connectivity index (χ3v) is 3.98. The molecule has 0 radical (unpaired) electrons. The van der Waals surface area contributed by atoms with Crippen LogP contribution in [0, 0.1) is 5.41 Å². The molecule has 14 heteroatoms. The van der Waals surface area contributed by atoms with Crippen molar-refractivity contribution in [2.24, 2.45) is 5.41 Å². The van der Waals surface area contributed by atoms with Crippen LogP contribution < -0.4 is 10.9 Å². The molecular formula is C17H18F6N6O2. The van der Waals surface area contributed by atoms with Crippen molar-refractivity contribution in [1.82, 2.24) is 31.1 Å². The number of rotatable bonds is 3. The van der Waals surface area contributed by atoms with Crippen molar-refractivity contribution in [3.8, 4) is 11.4 Å². The Balaban J connectivity index is 2.29. The van der Waals surface area contributed by atoms with E-state index < -0.39 is 58.1 Å². The van der Waals surface area contributed by atoms with Gasteiger partial charge in [-0.3, -0.25) is 20.4 Å². The molecule has 0 saturated carbocycles. The van der Waals surface area contributed by atoms with Gasteiger partial charge in [-0.25, -0.2) is 0 Å². The molecule has 0 bridgehead atoms. The summed E-state index contributed by atoms with van der Waals surface area (Å²) in [5, 5.41) is 10.7. The van der Waals surface area contributed by atoms with Gasteiger partial charge in [0.05, 0.1) is 11.1 Å². The average Bonchev–Trinajstić information content (AvgIpc) is 3.12. The average molecular weight is 452 g/mol. The first-order chi connectivity index (χ1) is 14.0. The highest BCUT2D eigenvalue weighted by Gasteiger charge is 2.37. The van der Waals surface area contributed by atoms with Gasteiger partial charge in [0.2, 0.25) is 11.7 Å². The summed E-state index contributed by atoms with van der Waals surface area (Å²) in [6.07, 6.45) is -10.1. The number of alkyl halides is 6. The van der Waals surface area contributed by atoms with Crippen molar-refractivity contribution in [3.05, 3.63) is 29.3 Å². The summed E-state index contributed by atoms with van der Waals surface area (Å²) in [5.74, 6) is -1.83. The first-order valence-electron chi connectivity index (χ1n) is 8.70. The van der Waals surface area contributed by atoms with Gasteiger partial charge in [0.25, 0.3) is 5.91 Å². The van der Waals surface area contributed by atoms with E-state index >= 15 is 0 Å². The molecule has 1 atom stereocenters. The highest BCUT2D eigenvalue weighted by Crippen LogP contribution is 2.38. The Morgan fingerprint density at radius 3 is 1.90 bits per heavy atom. The topological polar surface area (TPSA) is 102 Å². The smallest absolute Gasteiger partial charge is 0.273 e. The Hall–Kier alpha value is -3.19. The van der Waals surface area contributed by atoms with E-state index in [1.54, 1.807) is 20.8 Å². The van der Waals surface area contributed by atoms with E-state index in [2.05, 4.69) is 26.3 Å². The zero-order chi connectivity index (χ0) is 23.8. The van der Waals surface area contributed by atoms with Crippen LogP contribution in [0.5, 0.6) is 0 Å². The van der Waals surface area contributed by atoms with E-state index in [9.17, 15) is 35.9 Å². The normalized spacial score (nSPS) is 13.6. The lowest BCUT2D eigenvalue weighted by Gasteiger charge is -2.19. The Morgan fingerprint density at radius 1 is 0.935 bits per heavy atom. The SMILES string of the molecule is C[C@H](C(=O)NNC(=O)C(C)(C)C)n1nnc(-c2cc(C(F)(F)F)cc(C(F)(F)F)c2)n1. The van der Waals surface area contributed by atoms with Crippen LogP contribution in [0.4, 0.5) is 26.3 Å². The lowest BCUT2D eigenvalue weighted by Crippen LogP contribution is -2.48. The monoisotopic (exact) mass is 452 g/mol. The lowest BCUT2D eigenvalue weighted by atomic mass is 9.96.